The summed E-state index contributed by atoms with van der Waals surface area (Å²) in [5.74, 6) is -1.18. The third kappa shape index (κ3) is 4.73. The molecule has 0 unspecified atom stereocenters. The first-order valence-electron chi connectivity index (χ1n) is 8.80. The van der Waals surface area contributed by atoms with E-state index in [4.69, 9.17) is 4.74 Å². The van der Waals surface area contributed by atoms with Gasteiger partial charge >= 0.3 is 5.97 Å². The van der Waals surface area contributed by atoms with Gasteiger partial charge in [-0.1, -0.05) is 30.3 Å². The Kier molecular flexibility index (Phi) is 5.69. The summed E-state index contributed by atoms with van der Waals surface area (Å²) in [7, 11) is 0. The van der Waals surface area contributed by atoms with Crippen molar-refractivity contribution in [3.8, 4) is 0 Å². The Labute approximate surface area is 162 Å². The lowest BCUT2D eigenvalue weighted by molar-refractivity contribution is -0.123. The zero-order chi connectivity index (χ0) is 20.1. The fourth-order valence-electron chi connectivity index (χ4n) is 2.68. The highest BCUT2D eigenvalue weighted by atomic mass is 16.5. The second kappa shape index (κ2) is 8.35. The highest BCUT2D eigenvalue weighted by Gasteiger charge is 2.19. The Morgan fingerprint density at radius 1 is 0.821 bits per heavy atom. The van der Waals surface area contributed by atoms with Crippen LogP contribution in [0.15, 0.2) is 66.7 Å². The average Bonchev–Trinajstić information content (AvgIpc) is 2.68. The SMILES string of the molecule is CC(=O)Nc1ccc(NC(=O)[C@H](C)OC(=O)c2ccc3ccccc3c2)cc1. The number of hydrogen-bond donors (Lipinski definition) is 2. The summed E-state index contributed by atoms with van der Waals surface area (Å²) in [5, 5.41) is 7.27. The minimum absolute atomic E-state index is 0.175. The summed E-state index contributed by atoms with van der Waals surface area (Å²) < 4.78 is 5.29. The number of carbonyl (C=O) groups is 3. The highest BCUT2D eigenvalue weighted by Crippen LogP contribution is 2.17. The first kappa shape index (κ1) is 19.1. The normalized spacial score (nSPS) is 11.5. The molecule has 0 aliphatic rings. The lowest BCUT2D eigenvalue weighted by Crippen LogP contribution is -2.30. The van der Waals surface area contributed by atoms with Gasteiger partial charge in [-0.05, 0) is 54.1 Å². The predicted octanol–water partition coefficient (Wildman–Crippen LogP) is 3.98. The van der Waals surface area contributed by atoms with Crippen molar-refractivity contribution in [1.82, 2.24) is 0 Å². The van der Waals surface area contributed by atoms with Gasteiger partial charge in [0, 0.05) is 18.3 Å². The van der Waals surface area contributed by atoms with E-state index < -0.39 is 18.0 Å². The number of ether oxygens (including phenoxy) is 1. The van der Waals surface area contributed by atoms with Crippen molar-refractivity contribution in [2.45, 2.75) is 20.0 Å². The van der Waals surface area contributed by atoms with Crippen LogP contribution < -0.4 is 10.6 Å². The molecule has 0 heterocycles. The van der Waals surface area contributed by atoms with Crippen molar-refractivity contribution >= 4 is 39.9 Å². The van der Waals surface area contributed by atoms with E-state index >= 15 is 0 Å². The second-order valence-corrected chi connectivity index (χ2v) is 6.36. The first-order chi connectivity index (χ1) is 13.4. The summed E-state index contributed by atoms with van der Waals surface area (Å²) in [6, 6.07) is 19.6. The van der Waals surface area contributed by atoms with Gasteiger partial charge in [0.05, 0.1) is 5.56 Å². The molecule has 3 aromatic carbocycles. The summed E-state index contributed by atoms with van der Waals surface area (Å²) in [5.41, 5.74) is 1.55. The van der Waals surface area contributed by atoms with Crippen LogP contribution in [0.4, 0.5) is 11.4 Å². The van der Waals surface area contributed by atoms with E-state index in [1.54, 1.807) is 36.4 Å². The maximum atomic E-state index is 12.4. The van der Waals surface area contributed by atoms with Crippen LogP contribution in [-0.4, -0.2) is 23.9 Å². The van der Waals surface area contributed by atoms with E-state index in [1.807, 2.05) is 30.3 Å². The van der Waals surface area contributed by atoms with Gasteiger partial charge in [0.15, 0.2) is 6.10 Å². The van der Waals surface area contributed by atoms with Crippen LogP contribution >= 0.6 is 0 Å². The molecule has 0 saturated heterocycles. The van der Waals surface area contributed by atoms with E-state index in [1.165, 1.54) is 13.8 Å². The molecule has 1 atom stereocenters. The van der Waals surface area contributed by atoms with Gasteiger partial charge in [-0.25, -0.2) is 4.79 Å². The van der Waals surface area contributed by atoms with Crippen molar-refractivity contribution in [1.29, 1.82) is 0 Å². The van der Waals surface area contributed by atoms with E-state index in [0.717, 1.165) is 10.8 Å². The van der Waals surface area contributed by atoms with Gasteiger partial charge in [0.1, 0.15) is 0 Å². The summed E-state index contributed by atoms with van der Waals surface area (Å²) in [6.07, 6.45) is -0.964. The number of amides is 2. The number of rotatable bonds is 5. The zero-order valence-electron chi connectivity index (χ0n) is 15.6. The van der Waals surface area contributed by atoms with Crippen molar-refractivity contribution in [2.75, 3.05) is 10.6 Å². The van der Waals surface area contributed by atoms with Crippen molar-refractivity contribution in [3.05, 3.63) is 72.3 Å². The Morgan fingerprint density at radius 2 is 1.43 bits per heavy atom. The number of carbonyl (C=O) groups excluding carboxylic acids is 3. The standard InChI is InChI=1S/C22H20N2O4/c1-14(21(26)24-20-11-9-19(10-12-20)23-15(2)25)28-22(27)18-8-7-16-5-3-4-6-17(16)13-18/h3-14H,1-2H3,(H,23,25)(H,24,26)/t14-/m0/s1. The van der Waals surface area contributed by atoms with Gasteiger partial charge in [-0.15, -0.1) is 0 Å². The van der Waals surface area contributed by atoms with Crippen LogP contribution in [0.5, 0.6) is 0 Å². The minimum atomic E-state index is -0.964. The molecule has 0 fully saturated rings. The summed E-state index contributed by atoms with van der Waals surface area (Å²) in [4.78, 5) is 35.7. The molecule has 0 spiro atoms. The largest absolute Gasteiger partial charge is 0.449 e. The Hall–Kier alpha value is -3.67. The van der Waals surface area contributed by atoms with Crippen molar-refractivity contribution < 1.29 is 19.1 Å². The van der Waals surface area contributed by atoms with Gasteiger partial charge in [-0.2, -0.15) is 0 Å². The van der Waals surface area contributed by atoms with Crippen molar-refractivity contribution in [2.24, 2.45) is 0 Å². The Balaban J connectivity index is 1.61. The molecular weight excluding hydrogens is 356 g/mol. The lowest BCUT2D eigenvalue weighted by Gasteiger charge is -2.14. The topological polar surface area (TPSA) is 84.5 Å². The number of hydrogen-bond acceptors (Lipinski definition) is 4. The highest BCUT2D eigenvalue weighted by molar-refractivity contribution is 5.99. The lowest BCUT2D eigenvalue weighted by atomic mass is 10.1. The van der Waals surface area contributed by atoms with Crippen LogP contribution in [-0.2, 0) is 14.3 Å². The molecule has 3 aromatic rings. The average molecular weight is 376 g/mol. The van der Waals surface area contributed by atoms with Crippen LogP contribution in [0.1, 0.15) is 24.2 Å². The molecule has 0 radical (unpaired) electrons. The van der Waals surface area contributed by atoms with Gasteiger partial charge in [0.2, 0.25) is 5.91 Å². The molecule has 2 N–H and O–H groups in total. The molecule has 0 saturated carbocycles. The molecule has 3 rings (SSSR count). The zero-order valence-corrected chi connectivity index (χ0v) is 15.6. The summed E-state index contributed by atoms with van der Waals surface area (Å²) in [6.45, 7) is 2.93. The smallest absolute Gasteiger partial charge is 0.338 e. The molecular formula is C22H20N2O4. The monoisotopic (exact) mass is 376 g/mol. The van der Waals surface area contributed by atoms with E-state index in [0.29, 0.717) is 16.9 Å². The molecule has 142 valence electrons. The van der Waals surface area contributed by atoms with Crippen LogP contribution in [0.25, 0.3) is 10.8 Å². The molecule has 0 aromatic heterocycles. The second-order valence-electron chi connectivity index (χ2n) is 6.36. The van der Waals surface area contributed by atoms with E-state index in [9.17, 15) is 14.4 Å². The third-order valence-electron chi connectivity index (χ3n) is 4.11. The fraction of sp³-hybridized carbons (Fsp3) is 0.136. The maximum Gasteiger partial charge on any atom is 0.338 e. The fourth-order valence-corrected chi connectivity index (χ4v) is 2.68. The van der Waals surface area contributed by atoms with E-state index in [-0.39, 0.29) is 5.91 Å². The molecule has 0 aliphatic heterocycles. The number of nitrogens with one attached hydrogen (secondary N) is 2. The maximum absolute atomic E-state index is 12.4. The van der Waals surface area contributed by atoms with Crippen molar-refractivity contribution in [3.63, 3.8) is 0 Å². The first-order valence-corrected chi connectivity index (χ1v) is 8.80. The van der Waals surface area contributed by atoms with Gasteiger partial charge in [0.25, 0.3) is 5.91 Å². The minimum Gasteiger partial charge on any atom is -0.449 e. The molecule has 6 nitrogen and oxygen atoms in total. The van der Waals surface area contributed by atoms with Gasteiger partial charge in [-0.3, -0.25) is 9.59 Å². The Morgan fingerprint density at radius 3 is 2.07 bits per heavy atom. The number of fused-ring (bicyclic) bond motifs is 1. The predicted molar refractivity (Wildman–Crippen MR) is 108 cm³/mol. The molecule has 6 heteroatoms. The number of anilines is 2. The van der Waals surface area contributed by atoms with Crippen LogP contribution in [0.2, 0.25) is 0 Å². The molecule has 0 bridgehead atoms. The Bertz CT molecular complexity index is 1030. The number of esters is 1. The van der Waals surface area contributed by atoms with Crippen LogP contribution in [0, 0.1) is 0 Å². The van der Waals surface area contributed by atoms with E-state index in [2.05, 4.69) is 10.6 Å². The third-order valence-corrected chi connectivity index (χ3v) is 4.11. The number of benzene rings is 3. The molecule has 2 amide bonds. The van der Waals surface area contributed by atoms with Gasteiger partial charge < -0.3 is 15.4 Å². The summed E-state index contributed by atoms with van der Waals surface area (Å²) >= 11 is 0. The quantitative estimate of drug-likeness (QED) is 0.660. The molecule has 0 aliphatic carbocycles. The van der Waals surface area contributed by atoms with Crippen LogP contribution in [0.3, 0.4) is 0 Å². The molecule has 28 heavy (non-hydrogen) atoms.